The van der Waals surface area contributed by atoms with Gasteiger partial charge in [0, 0.05) is 20.0 Å². The Balaban J connectivity index is 1.56. The maximum atomic E-state index is 12.3. The lowest BCUT2D eigenvalue weighted by Gasteiger charge is -2.33. The highest BCUT2D eigenvalue weighted by Gasteiger charge is 2.33. The van der Waals surface area contributed by atoms with Gasteiger partial charge < -0.3 is 18.9 Å². The van der Waals surface area contributed by atoms with Gasteiger partial charge in [-0.25, -0.2) is 9.59 Å². The summed E-state index contributed by atoms with van der Waals surface area (Å²) in [6.07, 6.45) is -0.451. The molecule has 1 heterocycles. The monoisotopic (exact) mass is 370 g/mol. The van der Waals surface area contributed by atoms with Crippen molar-refractivity contribution in [1.29, 1.82) is 0 Å². The van der Waals surface area contributed by atoms with Crippen molar-refractivity contribution in [3.63, 3.8) is 0 Å². The molecule has 1 aliphatic heterocycles. The van der Waals surface area contributed by atoms with E-state index in [-0.39, 0.29) is 12.7 Å². The maximum absolute atomic E-state index is 12.3. The van der Waals surface area contributed by atoms with E-state index in [1.165, 1.54) is 7.11 Å². The molecule has 0 radical (unpaired) electrons. The third kappa shape index (κ3) is 5.39. The first-order valence-corrected chi connectivity index (χ1v) is 8.82. The van der Waals surface area contributed by atoms with Crippen molar-refractivity contribution in [2.75, 3.05) is 13.7 Å². The lowest BCUT2D eigenvalue weighted by atomic mass is 10.1. The van der Waals surface area contributed by atoms with E-state index in [2.05, 4.69) is 0 Å². The highest BCUT2D eigenvalue weighted by atomic mass is 16.7. The van der Waals surface area contributed by atoms with Gasteiger partial charge in [-0.2, -0.15) is 0 Å². The summed E-state index contributed by atoms with van der Waals surface area (Å²) in [6, 6.07) is 17.6. The number of hydrogen-bond donors (Lipinski definition) is 0. The molecule has 2 aromatic rings. The summed E-state index contributed by atoms with van der Waals surface area (Å²) in [7, 11) is 1.53. The summed E-state index contributed by atoms with van der Waals surface area (Å²) in [4.78, 5) is 24.4. The van der Waals surface area contributed by atoms with Crippen LogP contribution in [0, 0.1) is 0 Å². The first-order valence-electron chi connectivity index (χ1n) is 8.82. The highest BCUT2D eigenvalue weighted by molar-refractivity contribution is 5.89. The molecule has 0 aromatic heterocycles. The minimum Gasteiger partial charge on any atom is -0.459 e. The van der Waals surface area contributed by atoms with Crippen molar-refractivity contribution in [3.8, 4) is 0 Å². The summed E-state index contributed by atoms with van der Waals surface area (Å²) >= 11 is 0. The fourth-order valence-electron chi connectivity index (χ4n) is 2.91. The van der Waals surface area contributed by atoms with Crippen LogP contribution < -0.4 is 0 Å². The number of esters is 2. The molecule has 3 rings (SSSR count). The Morgan fingerprint density at radius 2 is 1.52 bits per heavy atom. The smallest absolute Gasteiger partial charge is 0.338 e. The second kappa shape index (κ2) is 9.30. The third-order valence-corrected chi connectivity index (χ3v) is 4.28. The molecular weight excluding hydrogens is 348 g/mol. The number of hydrogen-bond acceptors (Lipinski definition) is 6. The largest absolute Gasteiger partial charge is 0.459 e. The Hall–Kier alpha value is -2.70. The van der Waals surface area contributed by atoms with Crippen LogP contribution in [-0.2, 0) is 18.9 Å². The van der Waals surface area contributed by atoms with Crippen LogP contribution in [0.5, 0.6) is 0 Å². The minimum atomic E-state index is -0.521. The maximum Gasteiger partial charge on any atom is 0.338 e. The number of carbonyl (C=O) groups is 2. The summed E-state index contributed by atoms with van der Waals surface area (Å²) in [5.74, 6) is -0.811. The van der Waals surface area contributed by atoms with Crippen molar-refractivity contribution in [2.45, 2.75) is 31.3 Å². The Morgan fingerprint density at radius 1 is 0.926 bits per heavy atom. The second-order valence-electron chi connectivity index (χ2n) is 6.25. The normalized spacial score (nSPS) is 22.0. The third-order valence-electron chi connectivity index (χ3n) is 4.28. The fourth-order valence-corrected chi connectivity index (χ4v) is 2.91. The first kappa shape index (κ1) is 19.1. The zero-order valence-corrected chi connectivity index (χ0v) is 15.1. The highest BCUT2D eigenvalue weighted by Crippen LogP contribution is 2.24. The molecule has 0 bridgehead atoms. The number of ether oxygens (including phenoxy) is 4. The van der Waals surface area contributed by atoms with Crippen molar-refractivity contribution in [2.24, 2.45) is 0 Å². The molecule has 142 valence electrons. The van der Waals surface area contributed by atoms with Crippen LogP contribution in [0.25, 0.3) is 0 Å². The van der Waals surface area contributed by atoms with Gasteiger partial charge in [0.1, 0.15) is 12.7 Å². The Morgan fingerprint density at radius 3 is 2.11 bits per heavy atom. The van der Waals surface area contributed by atoms with E-state index >= 15 is 0 Å². The number of methoxy groups -OCH3 is 1. The van der Waals surface area contributed by atoms with E-state index in [9.17, 15) is 9.59 Å². The molecule has 27 heavy (non-hydrogen) atoms. The van der Waals surface area contributed by atoms with Gasteiger partial charge in [-0.1, -0.05) is 36.4 Å². The first-order chi connectivity index (χ1) is 13.2. The van der Waals surface area contributed by atoms with Gasteiger partial charge >= 0.3 is 11.9 Å². The molecule has 1 aliphatic rings. The van der Waals surface area contributed by atoms with Crippen LogP contribution in [0.2, 0.25) is 0 Å². The molecule has 0 N–H and O–H groups in total. The van der Waals surface area contributed by atoms with Gasteiger partial charge in [0.2, 0.25) is 0 Å². The molecule has 6 heteroatoms. The van der Waals surface area contributed by atoms with E-state index in [1.807, 2.05) is 12.1 Å². The number of carbonyl (C=O) groups excluding carboxylic acids is 2. The van der Waals surface area contributed by atoms with Crippen LogP contribution in [-0.4, -0.2) is 44.2 Å². The Labute approximate surface area is 158 Å². The quantitative estimate of drug-likeness (QED) is 0.727. The lowest BCUT2D eigenvalue weighted by molar-refractivity contribution is -0.210. The van der Waals surface area contributed by atoms with Crippen LogP contribution in [0.4, 0.5) is 0 Å². The molecule has 2 aromatic carbocycles. The second-order valence-corrected chi connectivity index (χ2v) is 6.25. The van der Waals surface area contributed by atoms with Crippen LogP contribution in [0.15, 0.2) is 60.7 Å². The van der Waals surface area contributed by atoms with Crippen LogP contribution in [0.1, 0.15) is 33.6 Å². The van der Waals surface area contributed by atoms with E-state index in [4.69, 9.17) is 18.9 Å². The summed E-state index contributed by atoms with van der Waals surface area (Å²) in [5, 5.41) is 0. The van der Waals surface area contributed by atoms with E-state index < -0.39 is 24.3 Å². The molecule has 1 fully saturated rings. The summed E-state index contributed by atoms with van der Waals surface area (Å²) < 4.78 is 22.0. The van der Waals surface area contributed by atoms with Crippen molar-refractivity contribution < 1.29 is 28.5 Å². The molecule has 1 saturated heterocycles. The van der Waals surface area contributed by atoms with Crippen LogP contribution >= 0.6 is 0 Å². The van der Waals surface area contributed by atoms with E-state index in [0.717, 1.165) is 0 Å². The molecule has 0 aliphatic carbocycles. The van der Waals surface area contributed by atoms with Gasteiger partial charge in [-0.15, -0.1) is 0 Å². The average molecular weight is 370 g/mol. The average Bonchev–Trinajstić information content (AvgIpc) is 2.73. The van der Waals surface area contributed by atoms with Gasteiger partial charge in [0.15, 0.2) is 6.29 Å². The predicted molar refractivity (Wildman–Crippen MR) is 97.3 cm³/mol. The Kier molecular flexibility index (Phi) is 6.57. The molecular formula is C21H22O6. The zero-order chi connectivity index (χ0) is 19.1. The summed E-state index contributed by atoms with van der Waals surface area (Å²) in [6.45, 7) is 0.0625. The molecule has 6 nitrogen and oxygen atoms in total. The standard InChI is InChI=1S/C21H22O6/c1-24-19-13-17(27-21(23)16-10-6-3-7-11-16)12-18(26-19)14-25-20(22)15-8-4-2-5-9-15/h2-11,17-19H,12-14H2,1H3/t17-,18+,19-/m1/s1. The minimum absolute atomic E-state index is 0.0625. The van der Waals surface area contributed by atoms with Crippen molar-refractivity contribution in [3.05, 3.63) is 71.8 Å². The summed E-state index contributed by atoms with van der Waals surface area (Å²) in [5.41, 5.74) is 0.966. The lowest BCUT2D eigenvalue weighted by Crippen LogP contribution is -2.41. The van der Waals surface area contributed by atoms with Gasteiger partial charge in [0.05, 0.1) is 17.2 Å². The molecule has 0 unspecified atom stereocenters. The molecule has 0 saturated carbocycles. The Bertz CT molecular complexity index is 746. The van der Waals surface area contributed by atoms with E-state index in [1.54, 1.807) is 48.5 Å². The van der Waals surface area contributed by atoms with E-state index in [0.29, 0.717) is 24.0 Å². The topological polar surface area (TPSA) is 71.1 Å². The van der Waals surface area contributed by atoms with Gasteiger partial charge in [-0.3, -0.25) is 0 Å². The van der Waals surface area contributed by atoms with Crippen molar-refractivity contribution >= 4 is 11.9 Å². The SMILES string of the molecule is CO[C@H]1C[C@H](OC(=O)c2ccccc2)C[C@@H](COC(=O)c2ccccc2)O1. The van der Waals surface area contributed by atoms with Gasteiger partial charge in [-0.05, 0) is 24.3 Å². The van der Waals surface area contributed by atoms with Crippen LogP contribution in [0.3, 0.4) is 0 Å². The molecule has 0 spiro atoms. The number of rotatable bonds is 6. The van der Waals surface area contributed by atoms with Crippen molar-refractivity contribution in [1.82, 2.24) is 0 Å². The molecule has 0 amide bonds. The fraction of sp³-hybridized carbons (Fsp3) is 0.333. The predicted octanol–water partition coefficient (Wildman–Crippen LogP) is 3.22. The number of benzene rings is 2. The molecule has 3 atom stereocenters. The zero-order valence-electron chi connectivity index (χ0n) is 15.1. The van der Waals surface area contributed by atoms with Gasteiger partial charge in [0.25, 0.3) is 0 Å².